The number of nitrogens with two attached hydrogens (primary N) is 1. The summed E-state index contributed by atoms with van der Waals surface area (Å²) in [5.41, 5.74) is 7.88. The lowest BCUT2D eigenvalue weighted by Crippen LogP contribution is -2.19. The number of pyridine rings is 1. The van der Waals surface area contributed by atoms with Gasteiger partial charge in [0.05, 0.1) is 10.9 Å². The highest BCUT2D eigenvalue weighted by Crippen LogP contribution is 2.31. The quantitative estimate of drug-likeness (QED) is 0.839. The Balaban J connectivity index is 1.87. The van der Waals surface area contributed by atoms with Gasteiger partial charge in [0, 0.05) is 6.04 Å². The molecule has 0 saturated heterocycles. The molecule has 1 aromatic rings. The molecule has 1 aromatic heterocycles. The molecular formula is C11H15N3O2S. The summed E-state index contributed by atoms with van der Waals surface area (Å²) >= 11 is 0. The number of aryl methyl sites for hydroxylation is 1. The maximum Gasteiger partial charge on any atom is 0.236 e. The minimum atomic E-state index is -3.23. The number of nitrogens with zero attached hydrogens (tertiary/aromatic N) is 1. The van der Waals surface area contributed by atoms with E-state index in [1.54, 1.807) is 6.07 Å². The lowest BCUT2D eigenvalue weighted by Gasteiger charge is -2.09. The van der Waals surface area contributed by atoms with E-state index in [0.717, 1.165) is 36.9 Å². The Kier molecular flexibility index (Phi) is 2.38. The van der Waals surface area contributed by atoms with Crippen LogP contribution in [0.5, 0.6) is 0 Å². The summed E-state index contributed by atoms with van der Waals surface area (Å²) in [6, 6.07) is 3.58. The Morgan fingerprint density at radius 2 is 2.06 bits per heavy atom. The SMILES string of the molecule is NC1CCc2ccc(NS(=O)(=O)C3CC3)nc21. The van der Waals surface area contributed by atoms with Crippen LogP contribution < -0.4 is 10.5 Å². The predicted octanol–water partition coefficient (Wildman–Crippen LogP) is 0.932. The van der Waals surface area contributed by atoms with Gasteiger partial charge in [-0.05, 0) is 37.3 Å². The first-order valence-electron chi connectivity index (χ1n) is 5.83. The molecule has 0 aliphatic heterocycles. The molecule has 17 heavy (non-hydrogen) atoms. The summed E-state index contributed by atoms with van der Waals surface area (Å²) in [5, 5.41) is -0.230. The largest absolute Gasteiger partial charge is 0.323 e. The van der Waals surface area contributed by atoms with Crippen molar-refractivity contribution < 1.29 is 8.42 Å². The van der Waals surface area contributed by atoms with Gasteiger partial charge in [0.15, 0.2) is 0 Å². The fourth-order valence-corrected chi connectivity index (χ4v) is 3.48. The number of anilines is 1. The van der Waals surface area contributed by atoms with Gasteiger partial charge in [0.25, 0.3) is 0 Å². The summed E-state index contributed by atoms with van der Waals surface area (Å²) in [7, 11) is -3.23. The average Bonchev–Trinajstić information content (AvgIpc) is 3.06. The van der Waals surface area contributed by atoms with Crippen molar-refractivity contribution in [3.05, 3.63) is 23.4 Å². The highest BCUT2D eigenvalue weighted by Gasteiger charge is 2.36. The summed E-state index contributed by atoms with van der Waals surface area (Å²) in [5.74, 6) is 0.396. The second kappa shape index (κ2) is 3.68. The summed E-state index contributed by atoms with van der Waals surface area (Å²) in [6.45, 7) is 0. The number of sulfonamides is 1. The fraction of sp³-hybridized carbons (Fsp3) is 0.545. The van der Waals surface area contributed by atoms with Crippen LogP contribution in [0.25, 0.3) is 0 Å². The van der Waals surface area contributed by atoms with E-state index in [-0.39, 0.29) is 11.3 Å². The first-order chi connectivity index (χ1) is 8.06. The lowest BCUT2D eigenvalue weighted by molar-refractivity contribution is 0.599. The standard InChI is InChI=1S/C11H15N3O2S/c12-9-5-1-7-2-6-10(13-11(7)9)14-17(15,16)8-3-4-8/h2,6,8-9H,1,3-5,12H2,(H,13,14). The van der Waals surface area contributed by atoms with Crippen molar-refractivity contribution in [2.24, 2.45) is 5.73 Å². The van der Waals surface area contributed by atoms with E-state index >= 15 is 0 Å². The molecule has 5 nitrogen and oxygen atoms in total. The molecule has 0 amide bonds. The van der Waals surface area contributed by atoms with Crippen LogP contribution in [0.3, 0.4) is 0 Å². The van der Waals surface area contributed by atoms with Crippen molar-refractivity contribution in [1.29, 1.82) is 0 Å². The van der Waals surface area contributed by atoms with Crippen LogP contribution >= 0.6 is 0 Å². The average molecular weight is 253 g/mol. The van der Waals surface area contributed by atoms with Crippen LogP contribution in [0.2, 0.25) is 0 Å². The highest BCUT2D eigenvalue weighted by molar-refractivity contribution is 7.93. The van der Waals surface area contributed by atoms with Crippen LogP contribution in [-0.2, 0) is 16.4 Å². The van der Waals surface area contributed by atoms with Crippen molar-refractivity contribution in [2.75, 3.05) is 4.72 Å². The zero-order valence-corrected chi connectivity index (χ0v) is 10.2. The molecular weight excluding hydrogens is 238 g/mol. The Labute approximate surface area is 100 Å². The molecule has 1 atom stereocenters. The van der Waals surface area contributed by atoms with E-state index in [2.05, 4.69) is 9.71 Å². The normalized spacial score (nSPS) is 23.5. The van der Waals surface area contributed by atoms with E-state index in [1.807, 2.05) is 6.07 Å². The van der Waals surface area contributed by atoms with Crippen molar-refractivity contribution in [3.8, 4) is 0 Å². The van der Waals surface area contributed by atoms with E-state index in [1.165, 1.54) is 0 Å². The zero-order chi connectivity index (χ0) is 12.0. The zero-order valence-electron chi connectivity index (χ0n) is 9.39. The topological polar surface area (TPSA) is 85.1 Å². The Morgan fingerprint density at radius 3 is 2.76 bits per heavy atom. The molecule has 1 fully saturated rings. The number of hydrogen-bond donors (Lipinski definition) is 2. The Hall–Kier alpha value is -1.14. The van der Waals surface area contributed by atoms with Gasteiger partial charge >= 0.3 is 0 Å². The minimum Gasteiger partial charge on any atom is -0.323 e. The summed E-state index contributed by atoms with van der Waals surface area (Å²) < 4.78 is 26.1. The molecule has 0 spiro atoms. The summed E-state index contributed by atoms with van der Waals surface area (Å²) in [6.07, 6.45) is 3.32. The highest BCUT2D eigenvalue weighted by atomic mass is 32.2. The molecule has 92 valence electrons. The lowest BCUT2D eigenvalue weighted by atomic mass is 10.2. The first-order valence-corrected chi connectivity index (χ1v) is 7.38. The van der Waals surface area contributed by atoms with Gasteiger partial charge in [-0.15, -0.1) is 0 Å². The van der Waals surface area contributed by atoms with Gasteiger partial charge in [-0.1, -0.05) is 6.07 Å². The van der Waals surface area contributed by atoms with Crippen LogP contribution in [0.1, 0.15) is 36.6 Å². The van der Waals surface area contributed by atoms with Crippen molar-refractivity contribution >= 4 is 15.8 Å². The van der Waals surface area contributed by atoms with E-state index in [4.69, 9.17) is 5.73 Å². The van der Waals surface area contributed by atoms with Gasteiger partial charge in [0.2, 0.25) is 10.0 Å². The van der Waals surface area contributed by atoms with Gasteiger partial charge < -0.3 is 5.73 Å². The number of nitrogens with one attached hydrogen (secondary N) is 1. The molecule has 0 aromatic carbocycles. The number of rotatable bonds is 3. The second-order valence-corrected chi connectivity index (χ2v) is 6.69. The number of fused-ring (bicyclic) bond motifs is 1. The molecule has 1 unspecified atom stereocenters. The third-order valence-corrected chi connectivity index (χ3v) is 5.14. The first kappa shape index (κ1) is 11.0. The molecule has 0 radical (unpaired) electrons. The monoisotopic (exact) mass is 253 g/mol. The van der Waals surface area contributed by atoms with Crippen LogP contribution in [0, 0.1) is 0 Å². The molecule has 0 bridgehead atoms. The van der Waals surface area contributed by atoms with Gasteiger partial charge in [-0.2, -0.15) is 0 Å². The predicted molar refractivity (Wildman–Crippen MR) is 65.1 cm³/mol. The molecule has 1 saturated carbocycles. The Morgan fingerprint density at radius 1 is 1.29 bits per heavy atom. The third-order valence-electron chi connectivity index (χ3n) is 3.30. The van der Waals surface area contributed by atoms with Gasteiger partial charge in [-0.25, -0.2) is 13.4 Å². The van der Waals surface area contributed by atoms with E-state index in [9.17, 15) is 8.42 Å². The second-order valence-electron chi connectivity index (χ2n) is 4.73. The van der Waals surface area contributed by atoms with Crippen LogP contribution in [0.4, 0.5) is 5.82 Å². The third kappa shape index (κ3) is 2.02. The van der Waals surface area contributed by atoms with E-state index < -0.39 is 10.0 Å². The molecule has 2 aliphatic carbocycles. The summed E-state index contributed by atoms with van der Waals surface area (Å²) in [4.78, 5) is 4.31. The fourth-order valence-electron chi connectivity index (χ4n) is 2.15. The smallest absolute Gasteiger partial charge is 0.236 e. The maximum absolute atomic E-state index is 11.8. The molecule has 3 N–H and O–H groups in total. The molecule has 2 aliphatic rings. The van der Waals surface area contributed by atoms with Crippen LogP contribution in [0.15, 0.2) is 12.1 Å². The van der Waals surface area contributed by atoms with Crippen molar-refractivity contribution in [3.63, 3.8) is 0 Å². The number of hydrogen-bond acceptors (Lipinski definition) is 4. The molecule has 6 heteroatoms. The minimum absolute atomic E-state index is 0.0598. The van der Waals surface area contributed by atoms with Gasteiger partial charge in [0.1, 0.15) is 5.82 Å². The Bertz CT molecular complexity index is 552. The van der Waals surface area contributed by atoms with E-state index in [0.29, 0.717) is 5.82 Å². The maximum atomic E-state index is 11.8. The molecule has 1 heterocycles. The number of aromatic nitrogens is 1. The van der Waals surface area contributed by atoms with Crippen molar-refractivity contribution in [2.45, 2.75) is 37.0 Å². The van der Waals surface area contributed by atoms with Crippen molar-refractivity contribution in [1.82, 2.24) is 4.98 Å². The van der Waals surface area contributed by atoms with Crippen LogP contribution in [-0.4, -0.2) is 18.7 Å². The van der Waals surface area contributed by atoms with Gasteiger partial charge in [-0.3, -0.25) is 4.72 Å². The molecule has 3 rings (SSSR count).